The molecule has 0 fully saturated rings. The van der Waals surface area contributed by atoms with Crippen molar-refractivity contribution in [3.63, 3.8) is 0 Å². The van der Waals surface area contributed by atoms with Crippen molar-refractivity contribution < 1.29 is 24.2 Å². The Labute approximate surface area is 287 Å². The average Bonchev–Trinajstić information content (AvgIpc) is 3.02. The Bertz CT molecular complexity index is 647. The number of aliphatic hydroxyl groups is 1. The highest BCUT2D eigenvalue weighted by atomic mass is 16.6. The van der Waals surface area contributed by atoms with E-state index in [1.54, 1.807) is 0 Å². The van der Waals surface area contributed by atoms with E-state index in [1.807, 2.05) is 0 Å². The van der Waals surface area contributed by atoms with Gasteiger partial charge in [0.25, 0.3) is 0 Å². The van der Waals surface area contributed by atoms with Crippen LogP contribution in [0.3, 0.4) is 0 Å². The summed E-state index contributed by atoms with van der Waals surface area (Å²) in [5, 5.41) is 10.0. The van der Waals surface area contributed by atoms with E-state index in [-0.39, 0.29) is 25.2 Å². The number of rotatable bonds is 36. The van der Waals surface area contributed by atoms with Gasteiger partial charge in [0, 0.05) is 12.8 Å². The number of esters is 2. The van der Waals surface area contributed by atoms with Crippen LogP contribution in [0.1, 0.15) is 220 Å². The van der Waals surface area contributed by atoms with Crippen LogP contribution in [0, 0.1) is 11.8 Å². The van der Waals surface area contributed by atoms with Crippen LogP contribution in [0.15, 0.2) is 0 Å². The minimum atomic E-state index is -0.956. The lowest BCUT2D eigenvalue weighted by molar-refractivity contribution is -0.152. The molecule has 0 saturated heterocycles. The largest absolute Gasteiger partial charge is 0.463 e. The van der Waals surface area contributed by atoms with Gasteiger partial charge in [0.2, 0.25) is 0 Å². The summed E-state index contributed by atoms with van der Waals surface area (Å²) in [5.74, 6) is 1.14. The Kier molecular flexibility index (Phi) is 34.4. The second-order valence-electron chi connectivity index (χ2n) is 15.1. The van der Waals surface area contributed by atoms with Crippen molar-refractivity contribution in [3.8, 4) is 0 Å². The van der Waals surface area contributed by atoms with Gasteiger partial charge in [-0.15, -0.1) is 0 Å². The van der Waals surface area contributed by atoms with E-state index in [4.69, 9.17) is 9.47 Å². The molecule has 0 bridgehead atoms. The van der Waals surface area contributed by atoms with Crippen molar-refractivity contribution in [1.29, 1.82) is 0 Å². The van der Waals surface area contributed by atoms with Crippen LogP contribution in [-0.2, 0) is 19.1 Å². The zero-order chi connectivity index (χ0) is 33.9. The zero-order valence-electron chi connectivity index (χ0n) is 31.4. The number of aliphatic hydroxyl groups excluding tert-OH is 1. The molecule has 0 aromatic heterocycles. The first kappa shape index (κ1) is 44.9. The Morgan fingerprint density at radius 2 is 0.609 bits per heavy atom. The predicted molar refractivity (Wildman–Crippen MR) is 196 cm³/mol. The molecule has 0 heterocycles. The number of carbonyl (C=O) groups is 2. The fourth-order valence-electron chi connectivity index (χ4n) is 6.10. The number of hydrogen-bond donors (Lipinski definition) is 1. The number of unbranched alkanes of at least 4 members (excludes halogenated alkanes) is 24. The quantitative estimate of drug-likeness (QED) is 0.0538. The fourth-order valence-corrected chi connectivity index (χ4v) is 6.10. The molecule has 0 aromatic rings. The fraction of sp³-hybridized carbons (Fsp3) is 0.951. The summed E-state index contributed by atoms with van der Waals surface area (Å²) in [7, 11) is 0. The van der Waals surface area contributed by atoms with Crippen LogP contribution >= 0.6 is 0 Å². The van der Waals surface area contributed by atoms with E-state index in [1.165, 1.54) is 154 Å². The van der Waals surface area contributed by atoms with Crippen LogP contribution in [0.25, 0.3) is 0 Å². The van der Waals surface area contributed by atoms with Crippen LogP contribution in [0.4, 0.5) is 0 Å². The lowest BCUT2D eigenvalue weighted by atomic mass is 10.0. The summed E-state index contributed by atoms with van der Waals surface area (Å²) in [5.41, 5.74) is 0. The molecule has 0 aromatic carbocycles. The average molecular weight is 653 g/mol. The molecule has 0 aliphatic carbocycles. The lowest BCUT2D eigenvalue weighted by Crippen LogP contribution is -2.25. The SMILES string of the molecule is CC(C)CCCCCCCCCCCCCCCCCC(=O)OC[C@@H](O)COC(=O)CCCCCCCCCCCCCC(C)C. The van der Waals surface area contributed by atoms with Gasteiger partial charge in [0.05, 0.1) is 0 Å². The first-order valence-corrected chi connectivity index (χ1v) is 20.3. The molecule has 0 aliphatic heterocycles. The van der Waals surface area contributed by atoms with Crippen molar-refractivity contribution in [2.75, 3.05) is 13.2 Å². The van der Waals surface area contributed by atoms with Crippen molar-refractivity contribution >= 4 is 11.9 Å². The maximum absolute atomic E-state index is 12.0. The molecule has 0 rings (SSSR count). The highest BCUT2D eigenvalue weighted by Crippen LogP contribution is 2.16. The van der Waals surface area contributed by atoms with Crippen LogP contribution < -0.4 is 0 Å². The summed E-state index contributed by atoms with van der Waals surface area (Å²) in [6.07, 6.45) is 35.9. The first-order valence-electron chi connectivity index (χ1n) is 20.3. The third-order valence-electron chi connectivity index (χ3n) is 9.20. The van der Waals surface area contributed by atoms with E-state index in [2.05, 4.69) is 27.7 Å². The molecule has 1 N–H and O–H groups in total. The maximum Gasteiger partial charge on any atom is 0.305 e. The molecule has 5 heteroatoms. The van der Waals surface area contributed by atoms with E-state index in [9.17, 15) is 14.7 Å². The Balaban J connectivity index is 3.38. The van der Waals surface area contributed by atoms with Gasteiger partial charge >= 0.3 is 11.9 Å². The van der Waals surface area contributed by atoms with Crippen LogP contribution in [0.5, 0.6) is 0 Å². The van der Waals surface area contributed by atoms with Gasteiger partial charge in [0.15, 0.2) is 0 Å². The molecule has 0 amide bonds. The van der Waals surface area contributed by atoms with E-state index >= 15 is 0 Å². The van der Waals surface area contributed by atoms with Gasteiger partial charge in [-0.2, -0.15) is 0 Å². The summed E-state index contributed by atoms with van der Waals surface area (Å²) < 4.78 is 10.3. The standard InChI is InChI=1S/C41H80O5/c1-37(2)31-27-23-19-15-11-8-6-5-7-9-13-17-21-25-29-33-40(43)45-35-39(42)36-46-41(44)34-30-26-22-18-14-10-12-16-20-24-28-32-38(3)4/h37-39,42H,5-36H2,1-4H3/t39-/m1/s1. The van der Waals surface area contributed by atoms with E-state index < -0.39 is 6.10 Å². The lowest BCUT2D eigenvalue weighted by Gasteiger charge is -2.12. The molecule has 0 spiro atoms. The highest BCUT2D eigenvalue weighted by Gasteiger charge is 2.12. The third kappa shape index (κ3) is 37.4. The van der Waals surface area contributed by atoms with Gasteiger partial charge in [-0.3, -0.25) is 9.59 Å². The molecule has 0 aliphatic rings. The van der Waals surface area contributed by atoms with Gasteiger partial charge in [0.1, 0.15) is 19.3 Å². The summed E-state index contributed by atoms with van der Waals surface area (Å²) in [4.78, 5) is 23.9. The van der Waals surface area contributed by atoms with Crippen molar-refractivity contribution in [2.24, 2.45) is 11.8 Å². The summed E-state index contributed by atoms with van der Waals surface area (Å²) >= 11 is 0. The molecular formula is C41H80O5. The third-order valence-corrected chi connectivity index (χ3v) is 9.20. The van der Waals surface area contributed by atoms with Gasteiger partial charge in [-0.1, -0.05) is 195 Å². The highest BCUT2D eigenvalue weighted by molar-refractivity contribution is 5.69. The normalized spacial score (nSPS) is 12.2. The second-order valence-corrected chi connectivity index (χ2v) is 15.1. The molecule has 274 valence electrons. The molecule has 5 nitrogen and oxygen atoms in total. The van der Waals surface area contributed by atoms with Gasteiger partial charge < -0.3 is 14.6 Å². The van der Waals surface area contributed by atoms with Crippen LogP contribution in [-0.4, -0.2) is 36.4 Å². The minimum absolute atomic E-state index is 0.109. The van der Waals surface area contributed by atoms with Gasteiger partial charge in [-0.05, 0) is 24.7 Å². The molecule has 0 saturated carbocycles. The summed E-state index contributed by atoms with van der Waals surface area (Å²) in [6.45, 7) is 9.03. The number of hydrogen-bond acceptors (Lipinski definition) is 5. The minimum Gasteiger partial charge on any atom is -0.463 e. The number of carbonyl (C=O) groups excluding carboxylic acids is 2. The molecule has 46 heavy (non-hydrogen) atoms. The second kappa shape index (κ2) is 35.2. The monoisotopic (exact) mass is 653 g/mol. The summed E-state index contributed by atoms with van der Waals surface area (Å²) in [6, 6.07) is 0. The maximum atomic E-state index is 12.0. The Morgan fingerprint density at radius 1 is 0.391 bits per heavy atom. The van der Waals surface area contributed by atoms with E-state index in [0.29, 0.717) is 12.8 Å². The zero-order valence-corrected chi connectivity index (χ0v) is 31.4. The molecular weight excluding hydrogens is 572 g/mol. The Morgan fingerprint density at radius 3 is 0.848 bits per heavy atom. The Hall–Kier alpha value is -1.10. The van der Waals surface area contributed by atoms with Crippen molar-refractivity contribution in [3.05, 3.63) is 0 Å². The smallest absolute Gasteiger partial charge is 0.305 e. The van der Waals surface area contributed by atoms with Crippen molar-refractivity contribution in [2.45, 2.75) is 226 Å². The first-order chi connectivity index (χ1) is 22.3. The molecule has 0 unspecified atom stereocenters. The van der Waals surface area contributed by atoms with Crippen LogP contribution in [0.2, 0.25) is 0 Å². The van der Waals surface area contributed by atoms with Gasteiger partial charge in [-0.25, -0.2) is 0 Å². The van der Waals surface area contributed by atoms with Crippen molar-refractivity contribution in [1.82, 2.24) is 0 Å². The molecule has 1 atom stereocenters. The van der Waals surface area contributed by atoms with E-state index in [0.717, 1.165) is 37.5 Å². The number of ether oxygens (including phenoxy) is 2. The molecule has 0 radical (unpaired) electrons. The predicted octanol–water partition coefficient (Wildman–Crippen LogP) is 12.4. The topological polar surface area (TPSA) is 72.8 Å².